The Morgan fingerprint density at radius 1 is 1.35 bits per heavy atom. The van der Waals surface area contributed by atoms with Crippen molar-refractivity contribution in [3.8, 4) is 0 Å². The number of hydrogen-bond acceptors (Lipinski definition) is 4. The molecule has 0 aromatic carbocycles. The van der Waals surface area contributed by atoms with Crippen LogP contribution in [0.5, 0.6) is 0 Å². The number of aryl methyl sites for hydroxylation is 1. The molecule has 3 aromatic rings. The average Bonchev–Trinajstić information content (AvgIpc) is 2.53. The molecular formula is C17H17FN4O. The van der Waals surface area contributed by atoms with E-state index in [-0.39, 0.29) is 17.4 Å². The molecule has 0 bridgehead atoms. The van der Waals surface area contributed by atoms with Crippen LogP contribution >= 0.6 is 0 Å². The van der Waals surface area contributed by atoms with Crippen LogP contribution in [-0.4, -0.2) is 14.4 Å². The lowest BCUT2D eigenvalue weighted by atomic mass is 10.1. The van der Waals surface area contributed by atoms with E-state index in [1.807, 2.05) is 26.0 Å². The molecule has 118 valence electrons. The van der Waals surface area contributed by atoms with E-state index in [1.54, 1.807) is 22.7 Å². The topological polar surface area (TPSA) is 59.3 Å². The number of pyridine rings is 2. The minimum Gasteiger partial charge on any atom is -0.304 e. The van der Waals surface area contributed by atoms with Crippen molar-refractivity contribution in [1.82, 2.24) is 19.7 Å². The highest BCUT2D eigenvalue weighted by Crippen LogP contribution is 2.15. The fraction of sp³-hybridized carbons (Fsp3) is 0.235. The first kappa shape index (κ1) is 15.3. The third kappa shape index (κ3) is 3.12. The molecular weight excluding hydrogens is 295 g/mol. The molecule has 0 aliphatic heterocycles. The number of nitrogens with zero attached hydrogens (tertiary/aromatic N) is 3. The van der Waals surface area contributed by atoms with Crippen LogP contribution in [0.2, 0.25) is 0 Å². The van der Waals surface area contributed by atoms with Gasteiger partial charge in [-0.2, -0.15) is 0 Å². The maximum atomic E-state index is 13.7. The number of hydrogen-bond donors (Lipinski definition) is 1. The summed E-state index contributed by atoms with van der Waals surface area (Å²) in [6.45, 7) is 4.10. The lowest BCUT2D eigenvalue weighted by molar-refractivity contribution is 0.521. The van der Waals surface area contributed by atoms with Crippen LogP contribution in [0.15, 0.2) is 47.5 Å². The van der Waals surface area contributed by atoms with Gasteiger partial charge in [0.1, 0.15) is 11.5 Å². The van der Waals surface area contributed by atoms with Crippen LogP contribution < -0.4 is 10.9 Å². The Labute approximate surface area is 132 Å². The second kappa shape index (κ2) is 6.26. The van der Waals surface area contributed by atoms with Crippen molar-refractivity contribution >= 4 is 5.65 Å². The van der Waals surface area contributed by atoms with Gasteiger partial charge in [-0.15, -0.1) is 0 Å². The first-order chi connectivity index (χ1) is 11.1. The third-order valence-electron chi connectivity index (χ3n) is 3.79. The Kier molecular flexibility index (Phi) is 4.16. The standard InChI is InChI=1S/C17H17FN4O/c1-11-4-3-5-16-21-13(8-17(23)22(11)16)9-20-12(2)14-6-7-19-10-15(14)18/h3-8,10,12,20H,9H2,1-2H3/t12-/m0/s1. The van der Waals surface area contributed by atoms with Crippen LogP contribution in [0.4, 0.5) is 4.39 Å². The van der Waals surface area contributed by atoms with E-state index in [0.717, 1.165) is 5.69 Å². The van der Waals surface area contributed by atoms with Gasteiger partial charge < -0.3 is 5.32 Å². The summed E-state index contributed by atoms with van der Waals surface area (Å²) in [5, 5.41) is 3.18. The van der Waals surface area contributed by atoms with Crippen molar-refractivity contribution in [2.24, 2.45) is 0 Å². The molecule has 6 heteroatoms. The summed E-state index contributed by atoms with van der Waals surface area (Å²) in [5.74, 6) is -0.352. The van der Waals surface area contributed by atoms with Crippen molar-refractivity contribution in [2.45, 2.75) is 26.4 Å². The third-order valence-corrected chi connectivity index (χ3v) is 3.79. The van der Waals surface area contributed by atoms with E-state index in [4.69, 9.17) is 0 Å². The first-order valence-corrected chi connectivity index (χ1v) is 7.37. The Morgan fingerprint density at radius 2 is 2.17 bits per heavy atom. The molecule has 0 aliphatic carbocycles. The van der Waals surface area contributed by atoms with E-state index in [0.29, 0.717) is 23.4 Å². The minimum absolute atomic E-state index is 0.118. The number of halogens is 1. The van der Waals surface area contributed by atoms with Crippen LogP contribution in [0.1, 0.15) is 29.9 Å². The van der Waals surface area contributed by atoms with Crippen LogP contribution in [0, 0.1) is 12.7 Å². The molecule has 1 atom stereocenters. The molecule has 5 nitrogen and oxygen atoms in total. The lowest BCUT2D eigenvalue weighted by Crippen LogP contribution is -2.23. The summed E-state index contributed by atoms with van der Waals surface area (Å²) < 4.78 is 15.3. The van der Waals surface area contributed by atoms with Gasteiger partial charge >= 0.3 is 0 Å². The van der Waals surface area contributed by atoms with Gasteiger partial charge in [0.2, 0.25) is 0 Å². The molecule has 0 fully saturated rings. The van der Waals surface area contributed by atoms with E-state index < -0.39 is 0 Å². The zero-order valence-electron chi connectivity index (χ0n) is 13.0. The summed E-state index contributed by atoms with van der Waals surface area (Å²) in [4.78, 5) is 20.4. The highest BCUT2D eigenvalue weighted by Gasteiger charge is 2.11. The number of fused-ring (bicyclic) bond motifs is 1. The van der Waals surface area contributed by atoms with Crippen LogP contribution in [0.3, 0.4) is 0 Å². The first-order valence-electron chi connectivity index (χ1n) is 7.37. The minimum atomic E-state index is -0.352. The average molecular weight is 312 g/mol. The quantitative estimate of drug-likeness (QED) is 0.803. The number of rotatable bonds is 4. The lowest BCUT2D eigenvalue weighted by Gasteiger charge is -2.14. The zero-order valence-corrected chi connectivity index (χ0v) is 13.0. The predicted octanol–water partition coefficient (Wildman–Crippen LogP) is 2.39. The summed E-state index contributed by atoms with van der Waals surface area (Å²) in [6.07, 6.45) is 2.75. The van der Waals surface area contributed by atoms with Gasteiger partial charge in [-0.05, 0) is 32.0 Å². The van der Waals surface area contributed by atoms with Crippen molar-refractivity contribution < 1.29 is 4.39 Å². The van der Waals surface area contributed by atoms with Gasteiger partial charge in [-0.3, -0.25) is 14.2 Å². The Morgan fingerprint density at radius 3 is 2.96 bits per heavy atom. The van der Waals surface area contributed by atoms with Gasteiger partial charge in [0, 0.05) is 36.1 Å². The van der Waals surface area contributed by atoms with Gasteiger partial charge in [-0.25, -0.2) is 9.37 Å². The van der Waals surface area contributed by atoms with Gasteiger partial charge in [0.05, 0.1) is 11.9 Å². The molecule has 0 saturated carbocycles. The Hall–Kier alpha value is -2.60. The van der Waals surface area contributed by atoms with Crippen LogP contribution in [0.25, 0.3) is 5.65 Å². The molecule has 3 rings (SSSR count). The fourth-order valence-corrected chi connectivity index (χ4v) is 2.56. The molecule has 23 heavy (non-hydrogen) atoms. The Bertz CT molecular complexity index is 906. The zero-order chi connectivity index (χ0) is 16.4. The number of nitrogens with one attached hydrogen (secondary N) is 1. The van der Waals surface area contributed by atoms with E-state index in [1.165, 1.54) is 12.3 Å². The summed E-state index contributed by atoms with van der Waals surface area (Å²) in [6, 6.07) is 8.45. The number of aromatic nitrogens is 3. The van der Waals surface area contributed by atoms with Crippen molar-refractivity contribution in [3.05, 3.63) is 75.8 Å². The van der Waals surface area contributed by atoms with Crippen LogP contribution in [-0.2, 0) is 6.54 Å². The van der Waals surface area contributed by atoms with E-state index >= 15 is 0 Å². The van der Waals surface area contributed by atoms with E-state index in [9.17, 15) is 9.18 Å². The highest BCUT2D eigenvalue weighted by molar-refractivity contribution is 5.40. The smallest absolute Gasteiger partial charge is 0.258 e. The highest BCUT2D eigenvalue weighted by atomic mass is 19.1. The van der Waals surface area contributed by atoms with Gasteiger partial charge in [0.25, 0.3) is 5.56 Å². The van der Waals surface area contributed by atoms with Crippen molar-refractivity contribution in [2.75, 3.05) is 0 Å². The molecule has 0 unspecified atom stereocenters. The summed E-state index contributed by atoms with van der Waals surface area (Å²) in [7, 11) is 0. The molecule has 1 N–H and O–H groups in total. The van der Waals surface area contributed by atoms with Gasteiger partial charge in [-0.1, -0.05) is 6.07 Å². The summed E-state index contributed by atoms with van der Waals surface area (Å²) in [5.41, 5.74) is 2.49. The maximum absolute atomic E-state index is 13.7. The monoisotopic (exact) mass is 312 g/mol. The van der Waals surface area contributed by atoms with Crippen molar-refractivity contribution in [3.63, 3.8) is 0 Å². The van der Waals surface area contributed by atoms with Gasteiger partial charge in [0.15, 0.2) is 0 Å². The molecule has 0 amide bonds. The molecule has 0 saturated heterocycles. The van der Waals surface area contributed by atoms with E-state index in [2.05, 4.69) is 15.3 Å². The molecule has 0 spiro atoms. The summed E-state index contributed by atoms with van der Waals surface area (Å²) >= 11 is 0. The maximum Gasteiger partial charge on any atom is 0.258 e. The normalized spacial score (nSPS) is 12.5. The molecule has 0 aliphatic rings. The Balaban J connectivity index is 1.83. The second-order valence-electron chi connectivity index (χ2n) is 5.45. The molecule has 3 aromatic heterocycles. The molecule has 0 radical (unpaired) electrons. The SMILES string of the molecule is Cc1cccc2nc(CN[C@@H](C)c3ccncc3F)cc(=O)n12. The van der Waals surface area contributed by atoms with Crippen molar-refractivity contribution in [1.29, 1.82) is 0 Å². The predicted molar refractivity (Wildman–Crippen MR) is 85.6 cm³/mol. The second-order valence-corrected chi connectivity index (χ2v) is 5.45. The largest absolute Gasteiger partial charge is 0.304 e. The fourth-order valence-electron chi connectivity index (χ4n) is 2.56. The molecule has 3 heterocycles.